The largest absolute Gasteiger partial charge is 0.464 e. The van der Waals surface area contributed by atoms with Crippen LogP contribution in [0, 0.1) is 0 Å². The molecule has 6 rings (SSSR count). The lowest BCUT2D eigenvalue weighted by molar-refractivity contribution is -0.147. The first-order chi connectivity index (χ1) is 16.5. The molecular weight excluding hydrogens is 469 g/mol. The van der Waals surface area contributed by atoms with Gasteiger partial charge in [0.2, 0.25) is 5.72 Å². The van der Waals surface area contributed by atoms with Crippen molar-refractivity contribution in [3.63, 3.8) is 0 Å². The van der Waals surface area contributed by atoms with Crippen molar-refractivity contribution < 1.29 is 9.47 Å². The quantitative estimate of drug-likeness (QED) is 0.404. The van der Waals surface area contributed by atoms with E-state index in [1.165, 1.54) is 0 Å². The molecule has 3 aromatic rings. The minimum atomic E-state index is -0.500. The van der Waals surface area contributed by atoms with Crippen LogP contribution in [0.3, 0.4) is 0 Å². The maximum Gasteiger partial charge on any atom is 0.200 e. The number of benzene rings is 3. The van der Waals surface area contributed by atoms with Crippen molar-refractivity contribution in [3.8, 4) is 17.2 Å². The third-order valence-electron chi connectivity index (χ3n) is 6.95. The van der Waals surface area contributed by atoms with E-state index in [1.807, 2.05) is 48.5 Å². The molecule has 0 aliphatic carbocycles. The van der Waals surface area contributed by atoms with Gasteiger partial charge < -0.3 is 14.4 Å². The summed E-state index contributed by atoms with van der Waals surface area (Å²) in [5, 5.41) is 8.49. The Morgan fingerprint density at radius 1 is 0.971 bits per heavy atom. The van der Waals surface area contributed by atoms with Gasteiger partial charge in [0.15, 0.2) is 0 Å². The zero-order valence-corrected chi connectivity index (χ0v) is 20.4. The Bertz CT molecular complexity index is 1240. The third kappa shape index (κ3) is 3.82. The number of likely N-dealkylation sites (tertiary alicyclic amines) is 1. The summed E-state index contributed by atoms with van der Waals surface area (Å²) in [4.78, 5) is 2.33. The highest BCUT2D eigenvalue weighted by molar-refractivity contribution is 6.35. The fourth-order valence-electron chi connectivity index (χ4n) is 5.11. The summed E-state index contributed by atoms with van der Waals surface area (Å²) in [6.45, 7) is 1.89. The van der Waals surface area contributed by atoms with Crippen LogP contribution in [0.15, 0.2) is 71.8 Å². The Hall–Kier alpha value is -2.73. The topological polar surface area (TPSA) is 37.3 Å². The van der Waals surface area contributed by atoms with E-state index < -0.39 is 5.72 Å². The number of hydrazone groups is 1. The van der Waals surface area contributed by atoms with Crippen molar-refractivity contribution in [1.82, 2.24) is 9.91 Å². The second kappa shape index (κ2) is 8.49. The van der Waals surface area contributed by atoms with Crippen LogP contribution in [0.2, 0.25) is 10.0 Å². The predicted molar refractivity (Wildman–Crippen MR) is 135 cm³/mol. The lowest BCUT2D eigenvalue weighted by Gasteiger charge is -2.51. The van der Waals surface area contributed by atoms with Crippen molar-refractivity contribution in [2.24, 2.45) is 5.10 Å². The summed E-state index contributed by atoms with van der Waals surface area (Å²) in [6.07, 6.45) is 2.49. The number of rotatable bonds is 3. The SMILES string of the molecule is CN1CCC2(CC1)Oc1c(Cl)cc(Cl)cc1[C@H]1CC(c3ccc(Oc4ccccc4)cc3)=NN12. The van der Waals surface area contributed by atoms with Gasteiger partial charge in [0.1, 0.15) is 17.2 Å². The minimum Gasteiger partial charge on any atom is -0.464 e. The van der Waals surface area contributed by atoms with Crippen LogP contribution in [0.25, 0.3) is 0 Å². The standard InChI is InChI=1S/C27H25Cl2N3O2/c1-31-13-11-27(12-14-31)32-25(22-15-19(28)16-23(29)26(22)34-27)17-24(30-32)18-7-9-21(10-8-18)33-20-5-3-2-4-6-20/h2-10,15-16,25H,11-14,17H2,1H3/t25-/m1/s1. The van der Waals surface area contributed by atoms with Crippen LogP contribution in [0.5, 0.6) is 17.2 Å². The normalized spacial score (nSPS) is 21.0. The molecule has 1 saturated heterocycles. The van der Waals surface area contributed by atoms with Crippen LogP contribution < -0.4 is 9.47 Å². The molecule has 0 N–H and O–H groups in total. The Balaban J connectivity index is 1.33. The fraction of sp³-hybridized carbons (Fsp3) is 0.296. The molecule has 0 aromatic heterocycles. The predicted octanol–water partition coefficient (Wildman–Crippen LogP) is 6.75. The molecule has 1 spiro atoms. The second-order valence-electron chi connectivity index (χ2n) is 9.21. The summed E-state index contributed by atoms with van der Waals surface area (Å²) in [7, 11) is 2.14. The molecule has 5 nitrogen and oxygen atoms in total. The molecule has 34 heavy (non-hydrogen) atoms. The molecular formula is C27H25Cl2N3O2. The molecule has 0 bridgehead atoms. The second-order valence-corrected chi connectivity index (χ2v) is 10.1. The van der Waals surface area contributed by atoms with Gasteiger partial charge in [0.25, 0.3) is 0 Å². The third-order valence-corrected chi connectivity index (χ3v) is 7.45. The van der Waals surface area contributed by atoms with Gasteiger partial charge >= 0.3 is 0 Å². The van der Waals surface area contributed by atoms with Gasteiger partial charge in [-0.3, -0.25) is 0 Å². The number of para-hydroxylation sites is 1. The number of fused-ring (bicyclic) bond motifs is 4. The maximum atomic E-state index is 6.66. The van der Waals surface area contributed by atoms with E-state index in [-0.39, 0.29) is 6.04 Å². The number of hydrogen-bond acceptors (Lipinski definition) is 5. The number of piperidine rings is 1. The van der Waals surface area contributed by atoms with Crippen LogP contribution in [-0.4, -0.2) is 41.5 Å². The van der Waals surface area contributed by atoms with Gasteiger partial charge in [-0.1, -0.05) is 41.4 Å². The smallest absolute Gasteiger partial charge is 0.200 e. The summed E-state index contributed by atoms with van der Waals surface area (Å²) in [5.41, 5.74) is 2.61. The van der Waals surface area contributed by atoms with Crippen LogP contribution in [0.1, 0.15) is 36.4 Å². The summed E-state index contributed by atoms with van der Waals surface area (Å²) in [5.74, 6) is 2.36. The van der Waals surface area contributed by atoms with Crippen molar-refractivity contribution in [2.45, 2.75) is 31.0 Å². The lowest BCUT2D eigenvalue weighted by atomic mass is 9.91. The number of hydrogen-bond donors (Lipinski definition) is 0. The van der Waals surface area contributed by atoms with Gasteiger partial charge in [-0.25, -0.2) is 5.01 Å². The van der Waals surface area contributed by atoms with Crippen LogP contribution in [-0.2, 0) is 0 Å². The molecule has 3 aliphatic rings. The zero-order valence-electron chi connectivity index (χ0n) is 18.9. The Labute approximate surface area is 209 Å². The van der Waals surface area contributed by atoms with E-state index in [9.17, 15) is 0 Å². The number of nitrogens with zero attached hydrogens (tertiary/aromatic N) is 3. The Morgan fingerprint density at radius 3 is 2.41 bits per heavy atom. The van der Waals surface area contributed by atoms with Crippen molar-refractivity contribution in [1.29, 1.82) is 0 Å². The highest BCUT2D eigenvalue weighted by Crippen LogP contribution is 2.52. The van der Waals surface area contributed by atoms with E-state index >= 15 is 0 Å². The first kappa shape index (κ1) is 21.8. The van der Waals surface area contributed by atoms with Gasteiger partial charge in [-0.05, 0) is 61.1 Å². The Kier molecular flexibility index (Phi) is 5.44. The lowest BCUT2D eigenvalue weighted by Crippen LogP contribution is -2.58. The van der Waals surface area contributed by atoms with Crippen molar-refractivity contribution in [2.75, 3.05) is 20.1 Å². The van der Waals surface area contributed by atoms with Crippen LogP contribution >= 0.6 is 23.2 Å². The molecule has 0 radical (unpaired) electrons. The van der Waals surface area contributed by atoms with Gasteiger partial charge in [0, 0.05) is 42.9 Å². The van der Waals surface area contributed by atoms with E-state index in [1.54, 1.807) is 6.07 Å². The highest BCUT2D eigenvalue weighted by atomic mass is 35.5. The Morgan fingerprint density at radius 2 is 1.68 bits per heavy atom. The average molecular weight is 494 g/mol. The maximum absolute atomic E-state index is 6.66. The summed E-state index contributed by atoms with van der Waals surface area (Å²) < 4.78 is 12.6. The first-order valence-corrected chi connectivity index (χ1v) is 12.3. The first-order valence-electron chi connectivity index (χ1n) is 11.6. The van der Waals surface area contributed by atoms with Gasteiger partial charge in [-0.2, -0.15) is 5.10 Å². The highest BCUT2D eigenvalue weighted by Gasteiger charge is 2.52. The molecule has 3 heterocycles. The molecule has 1 atom stereocenters. The molecule has 174 valence electrons. The minimum absolute atomic E-state index is 0.0404. The van der Waals surface area contributed by atoms with E-state index in [2.05, 4.69) is 29.1 Å². The van der Waals surface area contributed by atoms with E-state index in [4.69, 9.17) is 37.8 Å². The van der Waals surface area contributed by atoms with E-state index in [0.717, 1.165) is 66.4 Å². The molecule has 0 amide bonds. The van der Waals surface area contributed by atoms with Crippen molar-refractivity contribution in [3.05, 3.63) is 87.9 Å². The summed E-state index contributed by atoms with van der Waals surface area (Å²) in [6, 6.07) is 21.7. The molecule has 1 fully saturated rings. The zero-order chi connectivity index (χ0) is 23.3. The van der Waals surface area contributed by atoms with Crippen LogP contribution in [0.4, 0.5) is 0 Å². The van der Waals surface area contributed by atoms with Gasteiger partial charge in [-0.15, -0.1) is 0 Å². The fourth-order valence-corrected chi connectivity index (χ4v) is 5.66. The van der Waals surface area contributed by atoms with E-state index in [0.29, 0.717) is 10.0 Å². The summed E-state index contributed by atoms with van der Waals surface area (Å²) >= 11 is 13.0. The number of ether oxygens (including phenoxy) is 2. The molecule has 3 aromatic carbocycles. The molecule has 0 saturated carbocycles. The molecule has 7 heteroatoms. The van der Waals surface area contributed by atoms with Crippen molar-refractivity contribution >= 4 is 28.9 Å². The molecule has 3 aliphatic heterocycles. The number of halogens is 2. The molecule has 0 unspecified atom stereocenters. The van der Waals surface area contributed by atoms with Gasteiger partial charge in [0.05, 0.1) is 16.8 Å². The monoisotopic (exact) mass is 493 g/mol. The average Bonchev–Trinajstić information content (AvgIpc) is 3.30.